The van der Waals surface area contributed by atoms with Gasteiger partial charge < -0.3 is 4.74 Å². The molecule has 2 nitrogen and oxygen atoms in total. The molecule has 0 fully saturated rings. The number of methoxy groups -OCH3 is 1. The van der Waals surface area contributed by atoms with Crippen molar-refractivity contribution in [3.63, 3.8) is 0 Å². The third-order valence-corrected chi connectivity index (χ3v) is 1.07. The standard InChI is InChI=1S/C6H5ClNO/c1-9-6-4-5(7)2-3-8-6/h3-4H,1H3. The lowest BCUT2D eigenvalue weighted by Crippen LogP contribution is -1.84. The second-order valence-corrected chi connectivity index (χ2v) is 1.84. The second-order valence-electron chi connectivity index (χ2n) is 1.44. The maximum absolute atomic E-state index is 5.55. The van der Waals surface area contributed by atoms with Gasteiger partial charge in [-0.15, -0.1) is 0 Å². The van der Waals surface area contributed by atoms with Crippen LogP contribution >= 0.6 is 11.6 Å². The molecule has 1 radical (unpaired) electrons. The van der Waals surface area contributed by atoms with Gasteiger partial charge in [0.2, 0.25) is 5.88 Å². The summed E-state index contributed by atoms with van der Waals surface area (Å²) in [5.74, 6) is 0.513. The molecule has 0 amide bonds. The molecule has 1 heterocycles. The van der Waals surface area contributed by atoms with Crippen molar-refractivity contribution in [2.45, 2.75) is 0 Å². The highest BCUT2D eigenvalue weighted by Gasteiger charge is 1.90. The topological polar surface area (TPSA) is 22.1 Å². The van der Waals surface area contributed by atoms with Crippen LogP contribution in [0.4, 0.5) is 0 Å². The normalized spacial score (nSPS) is 9.11. The van der Waals surface area contributed by atoms with Crippen LogP contribution in [0.15, 0.2) is 12.3 Å². The van der Waals surface area contributed by atoms with Gasteiger partial charge in [-0.05, 0) is 0 Å². The Kier molecular flexibility index (Phi) is 1.90. The highest BCUT2D eigenvalue weighted by molar-refractivity contribution is 6.30. The summed E-state index contributed by atoms with van der Waals surface area (Å²) in [5.41, 5.74) is 0. The molecule has 0 unspecified atom stereocenters. The number of ether oxygens (including phenoxy) is 1. The van der Waals surface area contributed by atoms with Gasteiger partial charge in [0.1, 0.15) is 0 Å². The molecule has 3 heteroatoms. The van der Waals surface area contributed by atoms with Crippen LogP contribution in [0, 0.1) is 6.07 Å². The fraction of sp³-hybridized carbons (Fsp3) is 0.167. The first-order chi connectivity index (χ1) is 4.33. The smallest absolute Gasteiger partial charge is 0.214 e. The average Bonchev–Trinajstić information content (AvgIpc) is 1.88. The Bertz CT molecular complexity index is 202. The molecule has 1 aromatic rings. The second kappa shape index (κ2) is 2.69. The third kappa shape index (κ3) is 1.57. The summed E-state index contributed by atoms with van der Waals surface area (Å²) in [6.45, 7) is 0. The minimum atomic E-state index is 0.513. The minimum absolute atomic E-state index is 0.513. The summed E-state index contributed by atoms with van der Waals surface area (Å²) in [7, 11) is 1.54. The van der Waals surface area contributed by atoms with E-state index in [2.05, 4.69) is 11.1 Å². The minimum Gasteiger partial charge on any atom is -0.481 e. The van der Waals surface area contributed by atoms with Crippen LogP contribution in [0.3, 0.4) is 0 Å². The molecule has 0 aliphatic heterocycles. The highest BCUT2D eigenvalue weighted by atomic mass is 35.5. The van der Waals surface area contributed by atoms with Gasteiger partial charge in [0.25, 0.3) is 0 Å². The molecule has 0 spiro atoms. The number of aromatic nitrogens is 1. The molecule has 1 aromatic heterocycles. The lowest BCUT2D eigenvalue weighted by Gasteiger charge is -1.94. The first-order valence-corrected chi connectivity index (χ1v) is 2.78. The summed E-state index contributed by atoms with van der Waals surface area (Å²) in [5, 5.41) is 0.516. The van der Waals surface area contributed by atoms with E-state index < -0.39 is 0 Å². The van der Waals surface area contributed by atoms with Crippen LogP contribution in [0.25, 0.3) is 0 Å². The van der Waals surface area contributed by atoms with Gasteiger partial charge in [-0.3, -0.25) is 0 Å². The van der Waals surface area contributed by atoms with Crippen LogP contribution in [0.1, 0.15) is 0 Å². The van der Waals surface area contributed by atoms with E-state index in [-0.39, 0.29) is 0 Å². The molecule has 0 bridgehead atoms. The summed E-state index contributed by atoms with van der Waals surface area (Å²) in [6.07, 6.45) is 1.47. The molecule has 0 saturated carbocycles. The van der Waals surface area contributed by atoms with E-state index in [0.717, 1.165) is 0 Å². The molecule has 0 N–H and O–H groups in total. The molecule has 0 saturated heterocycles. The molecule has 1 rings (SSSR count). The van der Waals surface area contributed by atoms with Crippen LogP contribution in [0.2, 0.25) is 5.02 Å². The van der Waals surface area contributed by atoms with Crippen molar-refractivity contribution in [1.29, 1.82) is 0 Å². The number of hydrogen-bond acceptors (Lipinski definition) is 2. The Labute approximate surface area is 58.4 Å². The summed E-state index contributed by atoms with van der Waals surface area (Å²) >= 11 is 5.55. The number of rotatable bonds is 1. The van der Waals surface area contributed by atoms with Gasteiger partial charge in [0, 0.05) is 18.3 Å². The highest BCUT2D eigenvalue weighted by Crippen LogP contribution is 2.11. The molecular formula is C6H5ClNO. The zero-order chi connectivity index (χ0) is 6.69. The van der Waals surface area contributed by atoms with Crippen molar-refractivity contribution < 1.29 is 4.74 Å². The molecule has 9 heavy (non-hydrogen) atoms. The SMILES string of the molecule is COc1cc(Cl)[c]cn1. The van der Waals surface area contributed by atoms with Crippen molar-refractivity contribution in [3.8, 4) is 5.88 Å². The largest absolute Gasteiger partial charge is 0.481 e. The molecule has 0 aliphatic rings. The lowest BCUT2D eigenvalue weighted by molar-refractivity contribution is 0.398. The predicted octanol–water partition coefficient (Wildman–Crippen LogP) is 1.54. The van der Waals surface area contributed by atoms with Gasteiger partial charge in [-0.2, -0.15) is 0 Å². The summed E-state index contributed by atoms with van der Waals surface area (Å²) in [4.78, 5) is 3.80. The van der Waals surface area contributed by atoms with E-state index in [1.807, 2.05) is 0 Å². The zero-order valence-electron chi connectivity index (χ0n) is 4.89. The van der Waals surface area contributed by atoms with Crippen LogP contribution < -0.4 is 4.74 Å². The van der Waals surface area contributed by atoms with Crippen molar-refractivity contribution in [1.82, 2.24) is 4.98 Å². The quantitative estimate of drug-likeness (QED) is 0.594. The Hall–Kier alpha value is -0.760. The van der Waals surface area contributed by atoms with Gasteiger partial charge in [-0.25, -0.2) is 4.98 Å². The first kappa shape index (κ1) is 6.36. The average molecular weight is 143 g/mol. The van der Waals surface area contributed by atoms with Crippen LogP contribution in [-0.2, 0) is 0 Å². The Balaban J connectivity index is 2.94. The first-order valence-electron chi connectivity index (χ1n) is 2.40. The zero-order valence-corrected chi connectivity index (χ0v) is 5.64. The van der Waals surface area contributed by atoms with E-state index in [1.54, 1.807) is 13.2 Å². The monoisotopic (exact) mass is 142 g/mol. The third-order valence-electron chi connectivity index (χ3n) is 0.854. The van der Waals surface area contributed by atoms with Gasteiger partial charge in [0.05, 0.1) is 12.1 Å². The maximum Gasteiger partial charge on any atom is 0.214 e. The van der Waals surface area contributed by atoms with E-state index in [9.17, 15) is 0 Å². The molecule has 47 valence electrons. The Morgan fingerprint density at radius 2 is 2.56 bits per heavy atom. The van der Waals surface area contributed by atoms with Crippen molar-refractivity contribution >= 4 is 11.6 Å². The summed E-state index contributed by atoms with van der Waals surface area (Å²) < 4.78 is 4.78. The van der Waals surface area contributed by atoms with Crippen LogP contribution in [0.5, 0.6) is 5.88 Å². The van der Waals surface area contributed by atoms with Crippen molar-refractivity contribution in [3.05, 3.63) is 23.4 Å². The maximum atomic E-state index is 5.55. The van der Waals surface area contributed by atoms with E-state index in [1.165, 1.54) is 6.20 Å². The fourth-order valence-corrected chi connectivity index (χ4v) is 0.599. The number of pyridine rings is 1. The molecule has 0 aromatic carbocycles. The Morgan fingerprint density at radius 3 is 3.00 bits per heavy atom. The lowest BCUT2D eigenvalue weighted by atomic mass is 10.5. The number of nitrogens with zero attached hydrogens (tertiary/aromatic N) is 1. The molecular weight excluding hydrogens is 138 g/mol. The van der Waals surface area contributed by atoms with Gasteiger partial charge >= 0.3 is 0 Å². The van der Waals surface area contributed by atoms with E-state index in [0.29, 0.717) is 10.9 Å². The fourth-order valence-electron chi connectivity index (χ4n) is 0.457. The van der Waals surface area contributed by atoms with E-state index >= 15 is 0 Å². The van der Waals surface area contributed by atoms with Crippen molar-refractivity contribution in [2.24, 2.45) is 0 Å². The molecule has 0 atom stereocenters. The predicted molar refractivity (Wildman–Crippen MR) is 34.6 cm³/mol. The van der Waals surface area contributed by atoms with E-state index in [4.69, 9.17) is 16.3 Å². The van der Waals surface area contributed by atoms with Gasteiger partial charge in [-0.1, -0.05) is 11.6 Å². The number of halogens is 1. The summed E-state index contributed by atoms with van der Waals surface area (Å²) in [6, 6.07) is 4.28. The Morgan fingerprint density at radius 1 is 1.78 bits per heavy atom. The van der Waals surface area contributed by atoms with Crippen LogP contribution in [-0.4, -0.2) is 12.1 Å². The number of hydrogen-bond donors (Lipinski definition) is 0. The van der Waals surface area contributed by atoms with Gasteiger partial charge in [0.15, 0.2) is 0 Å². The molecule has 0 aliphatic carbocycles. The van der Waals surface area contributed by atoms with Crippen molar-refractivity contribution in [2.75, 3.05) is 7.11 Å².